The molecule has 0 aliphatic heterocycles. The molecule has 0 heterocycles. The fourth-order valence-electron chi connectivity index (χ4n) is 1.76. The highest BCUT2D eigenvalue weighted by Crippen LogP contribution is 2.32. The van der Waals surface area contributed by atoms with Gasteiger partial charge in [-0.05, 0) is 37.8 Å². The summed E-state index contributed by atoms with van der Waals surface area (Å²) in [5, 5.41) is 2.90. The van der Waals surface area contributed by atoms with E-state index in [1.165, 1.54) is 11.1 Å². The van der Waals surface area contributed by atoms with Gasteiger partial charge in [0.15, 0.2) is 0 Å². The van der Waals surface area contributed by atoms with Crippen LogP contribution in [0.5, 0.6) is 0 Å². The van der Waals surface area contributed by atoms with Crippen molar-refractivity contribution in [3.05, 3.63) is 34.9 Å². The SMILES string of the molecule is Cc1ccc(CNC(=O)C2(N)CC2)c(C)c1. The van der Waals surface area contributed by atoms with E-state index >= 15 is 0 Å². The average Bonchev–Trinajstić information content (AvgIpc) is 2.96. The van der Waals surface area contributed by atoms with Crippen molar-refractivity contribution in [1.29, 1.82) is 0 Å². The largest absolute Gasteiger partial charge is 0.350 e. The van der Waals surface area contributed by atoms with Crippen LogP contribution in [-0.4, -0.2) is 11.4 Å². The van der Waals surface area contributed by atoms with Crippen LogP contribution in [0.25, 0.3) is 0 Å². The number of aryl methyl sites for hydroxylation is 2. The zero-order chi connectivity index (χ0) is 11.8. The lowest BCUT2D eigenvalue weighted by molar-refractivity contribution is -0.123. The molecule has 2 rings (SSSR count). The number of nitrogens with one attached hydrogen (secondary N) is 1. The van der Waals surface area contributed by atoms with E-state index < -0.39 is 5.54 Å². The topological polar surface area (TPSA) is 55.1 Å². The molecule has 0 atom stereocenters. The molecule has 86 valence electrons. The third-order valence-corrected chi connectivity index (χ3v) is 3.18. The highest BCUT2D eigenvalue weighted by atomic mass is 16.2. The molecule has 1 fully saturated rings. The Hall–Kier alpha value is -1.35. The van der Waals surface area contributed by atoms with E-state index in [9.17, 15) is 4.79 Å². The molecule has 3 heteroatoms. The minimum Gasteiger partial charge on any atom is -0.350 e. The van der Waals surface area contributed by atoms with Gasteiger partial charge in [0.1, 0.15) is 0 Å². The third-order valence-electron chi connectivity index (χ3n) is 3.18. The minimum atomic E-state index is -0.571. The van der Waals surface area contributed by atoms with Crippen LogP contribution in [0.2, 0.25) is 0 Å². The van der Waals surface area contributed by atoms with E-state index in [0.29, 0.717) is 6.54 Å². The summed E-state index contributed by atoms with van der Waals surface area (Å²) in [6.07, 6.45) is 1.62. The van der Waals surface area contributed by atoms with Gasteiger partial charge in [-0.15, -0.1) is 0 Å². The first kappa shape index (κ1) is 11.1. The van der Waals surface area contributed by atoms with Crippen molar-refractivity contribution >= 4 is 5.91 Å². The number of carbonyl (C=O) groups excluding carboxylic acids is 1. The smallest absolute Gasteiger partial charge is 0.240 e. The molecule has 1 amide bonds. The van der Waals surface area contributed by atoms with Gasteiger partial charge >= 0.3 is 0 Å². The van der Waals surface area contributed by atoms with Crippen molar-refractivity contribution in [2.75, 3.05) is 0 Å². The fourth-order valence-corrected chi connectivity index (χ4v) is 1.76. The van der Waals surface area contributed by atoms with Crippen molar-refractivity contribution in [3.63, 3.8) is 0 Å². The van der Waals surface area contributed by atoms with Crippen LogP contribution in [0.4, 0.5) is 0 Å². The lowest BCUT2D eigenvalue weighted by atomic mass is 10.1. The van der Waals surface area contributed by atoms with Crippen LogP contribution in [-0.2, 0) is 11.3 Å². The monoisotopic (exact) mass is 218 g/mol. The van der Waals surface area contributed by atoms with E-state index in [-0.39, 0.29) is 5.91 Å². The standard InChI is InChI=1S/C13H18N2O/c1-9-3-4-11(10(2)7-9)8-15-12(16)13(14)5-6-13/h3-4,7H,5-6,8,14H2,1-2H3,(H,15,16). The van der Waals surface area contributed by atoms with Crippen molar-refractivity contribution in [2.24, 2.45) is 5.73 Å². The molecule has 1 aliphatic carbocycles. The summed E-state index contributed by atoms with van der Waals surface area (Å²) in [5.41, 5.74) is 8.84. The Morgan fingerprint density at radius 3 is 2.69 bits per heavy atom. The lowest BCUT2D eigenvalue weighted by Crippen LogP contribution is -2.42. The zero-order valence-electron chi connectivity index (χ0n) is 9.84. The van der Waals surface area contributed by atoms with Crippen LogP contribution >= 0.6 is 0 Å². The van der Waals surface area contributed by atoms with Crippen molar-refractivity contribution in [2.45, 2.75) is 38.8 Å². The second-order valence-electron chi connectivity index (χ2n) is 4.77. The van der Waals surface area contributed by atoms with Crippen LogP contribution in [0, 0.1) is 13.8 Å². The fraction of sp³-hybridized carbons (Fsp3) is 0.462. The van der Waals surface area contributed by atoms with Gasteiger partial charge < -0.3 is 11.1 Å². The first-order valence-electron chi connectivity index (χ1n) is 5.65. The second-order valence-corrected chi connectivity index (χ2v) is 4.77. The van der Waals surface area contributed by atoms with Gasteiger partial charge in [0, 0.05) is 6.54 Å². The molecule has 0 aromatic heterocycles. The summed E-state index contributed by atoms with van der Waals surface area (Å²) < 4.78 is 0. The molecule has 0 saturated heterocycles. The van der Waals surface area contributed by atoms with E-state index in [4.69, 9.17) is 5.73 Å². The van der Waals surface area contributed by atoms with Gasteiger partial charge in [-0.1, -0.05) is 23.8 Å². The van der Waals surface area contributed by atoms with Crippen LogP contribution in [0.3, 0.4) is 0 Å². The van der Waals surface area contributed by atoms with Gasteiger partial charge in [0.05, 0.1) is 5.54 Å². The normalized spacial score (nSPS) is 16.9. The summed E-state index contributed by atoms with van der Waals surface area (Å²) in [6, 6.07) is 6.24. The van der Waals surface area contributed by atoms with Crippen molar-refractivity contribution < 1.29 is 4.79 Å². The van der Waals surface area contributed by atoms with Crippen LogP contribution in [0.1, 0.15) is 29.5 Å². The molecular weight excluding hydrogens is 200 g/mol. The van der Waals surface area contributed by atoms with Gasteiger partial charge in [0.25, 0.3) is 0 Å². The molecule has 1 aromatic carbocycles. The number of hydrogen-bond acceptors (Lipinski definition) is 2. The average molecular weight is 218 g/mol. The zero-order valence-corrected chi connectivity index (χ0v) is 9.84. The molecule has 1 saturated carbocycles. The van der Waals surface area contributed by atoms with Crippen molar-refractivity contribution in [1.82, 2.24) is 5.32 Å². The van der Waals surface area contributed by atoms with E-state index in [0.717, 1.165) is 18.4 Å². The Labute approximate surface area is 96.0 Å². The summed E-state index contributed by atoms with van der Waals surface area (Å²) in [4.78, 5) is 11.6. The molecule has 0 bridgehead atoms. The lowest BCUT2D eigenvalue weighted by Gasteiger charge is -2.12. The Bertz CT molecular complexity index is 422. The van der Waals surface area contributed by atoms with E-state index in [1.807, 2.05) is 0 Å². The highest BCUT2D eigenvalue weighted by Gasteiger charge is 2.45. The molecule has 1 aliphatic rings. The number of rotatable bonds is 3. The molecular formula is C13H18N2O. The van der Waals surface area contributed by atoms with E-state index in [2.05, 4.69) is 37.4 Å². The van der Waals surface area contributed by atoms with Crippen molar-refractivity contribution in [3.8, 4) is 0 Å². The van der Waals surface area contributed by atoms with E-state index in [1.54, 1.807) is 0 Å². The third kappa shape index (κ3) is 2.25. The summed E-state index contributed by atoms with van der Waals surface area (Å²) in [5.74, 6) is -0.0209. The summed E-state index contributed by atoms with van der Waals surface area (Å²) in [6.45, 7) is 4.70. The first-order chi connectivity index (χ1) is 7.51. The second kappa shape index (κ2) is 3.91. The van der Waals surface area contributed by atoms with Gasteiger partial charge in [-0.3, -0.25) is 4.79 Å². The number of nitrogens with two attached hydrogens (primary N) is 1. The number of carbonyl (C=O) groups is 1. The highest BCUT2D eigenvalue weighted by molar-refractivity contribution is 5.88. The Kier molecular flexibility index (Phi) is 2.72. The molecule has 0 spiro atoms. The molecule has 0 radical (unpaired) electrons. The van der Waals surface area contributed by atoms with Gasteiger partial charge in [-0.25, -0.2) is 0 Å². The van der Waals surface area contributed by atoms with Gasteiger partial charge in [0.2, 0.25) is 5.91 Å². The number of benzene rings is 1. The first-order valence-corrected chi connectivity index (χ1v) is 5.65. The Morgan fingerprint density at radius 1 is 1.44 bits per heavy atom. The maximum absolute atomic E-state index is 11.6. The molecule has 0 unspecified atom stereocenters. The predicted molar refractivity (Wildman–Crippen MR) is 63.9 cm³/mol. The maximum atomic E-state index is 11.6. The molecule has 3 nitrogen and oxygen atoms in total. The number of amides is 1. The Morgan fingerprint density at radius 2 is 2.12 bits per heavy atom. The van der Waals surface area contributed by atoms with Gasteiger partial charge in [-0.2, -0.15) is 0 Å². The number of hydrogen-bond donors (Lipinski definition) is 2. The quantitative estimate of drug-likeness (QED) is 0.806. The molecule has 3 N–H and O–H groups in total. The maximum Gasteiger partial charge on any atom is 0.240 e. The molecule has 1 aromatic rings. The minimum absolute atomic E-state index is 0.0209. The predicted octanol–water partition coefficient (Wildman–Crippen LogP) is 1.41. The Balaban J connectivity index is 1.97. The van der Waals surface area contributed by atoms with Crippen LogP contribution in [0.15, 0.2) is 18.2 Å². The summed E-state index contributed by atoms with van der Waals surface area (Å²) >= 11 is 0. The molecule has 16 heavy (non-hydrogen) atoms. The van der Waals surface area contributed by atoms with Crippen LogP contribution < -0.4 is 11.1 Å². The summed E-state index contributed by atoms with van der Waals surface area (Å²) in [7, 11) is 0.